The zero-order valence-electron chi connectivity index (χ0n) is 16.1. The lowest BCUT2D eigenvalue weighted by atomic mass is 10.2. The van der Waals surface area contributed by atoms with E-state index >= 15 is 0 Å². The van der Waals surface area contributed by atoms with Gasteiger partial charge in [-0.05, 0) is 60.7 Å². The molecular weight excluding hydrogens is 557 g/mol. The third-order valence-electron chi connectivity index (χ3n) is 4.10. The Morgan fingerprint density at radius 2 is 1.71 bits per heavy atom. The van der Waals surface area contributed by atoms with Crippen molar-refractivity contribution >= 4 is 66.1 Å². The number of amides is 1. The van der Waals surface area contributed by atoms with Crippen molar-refractivity contribution in [1.82, 2.24) is 0 Å². The molecule has 3 rings (SSSR count). The largest absolute Gasteiger partial charge is 0.495 e. The van der Waals surface area contributed by atoms with E-state index in [1.54, 1.807) is 30.3 Å². The molecule has 0 aliphatic carbocycles. The van der Waals surface area contributed by atoms with E-state index < -0.39 is 37.4 Å². The van der Waals surface area contributed by atoms with Crippen molar-refractivity contribution in [2.24, 2.45) is 0 Å². The number of methoxy groups -OCH3 is 1. The van der Waals surface area contributed by atoms with E-state index in [4.69, 9.17) is 16.3 Å². The number of hydrogen-bond acceptors (Lipinski definition) is 5. The number of carbonyl (C=O) groups is 1. The Morgan fingerprint density at radius 1 is 1.00 bits per heavy atom. The normalized spacial score (nSPS) is 10.9. The van der Waals surface area contributed by atoms with Gasteiger partial charge in [0.25, 0.3) is 37.4 Å². The molecule has 3 aromatic carbocycles. The minimum Gasteiger partial charge on any atom is -0.495 e. The Morgan fingerprint density at radius 3 is 2.39 bits per heavy atom. The van der Waals surface area contributed by atoms with Gasteiger partial charge in [-0.25, -0.2) is 11.5 Å². The Kier molecular flexibility index (Phi) is 7.46. The van der Waals surface area contributed by atoms with Crippen LogP contribution in [0.3, 0.4) is 0 Å². The first-order valence-corrected chi connectivity index (χ1v) is 12.5. The molecule has 1 amide bonds. The van der Waals surface area contributed by atoms with Crippen LogP contribution in [0.1, 0.15) is 10.4 Å². The maximum Gasteiger partial charge on any atom is 0.270 e. The number of halogens is 2. The Hall–Kier alpha value is -2.70. The van der Waals surface area contributed by atoms with Gasteiger partial charge in [-0.15, -0.1) is 0 Å². The summed E-state index contributed by atoms with van der Waals surface area (Å²) in [6.07, 6.45) is 0. The van der Waals surface area contributed by atoms with Gasteiger partial charge < -0.3 is 13.6 Å². The van der Waals surface area contributed by atoms with Crippen LogP contribution in [0.2, 0.25) is 5.02 Å². The molecule has 11 heteroatoms. The summed E-state index contributed by atoms with van der Waals surface area (Å²) in [7, 11) is -2.47. The molecule has 3 aromatic rings. The van der Waals surface area contributed by atoms with Crippen LogP contribution in [0.15, 0.2) is 71.6 Å². The minimum absolute atomic E-state index is 0.0754. The van der Waals surface area contributed by atoms with Crippen molar-refractivity contribution in [2.45, 2.75) is 4.90 Å². The van der Waals surface area contributed by atoms with E-state index in [-0.39, 0.29) is 10.5 Å². The first kappa shape index (κ1) is 23.0. The highest BCUT2D eigenvalue weighted by molar-refractivity contribution is 14.1. The molecule has 0 aromatic heterocycles. The van der Waals surface area contributed by atoms with E-state index in [9.17, 15) is 16.3 Å². The number of anilines is 3. The predicted octanol–water partition coefficient (Wildman–Crippen LogP) is 5.04. The van der Waals surface area contributed by atoms with Crippen LogP contribution in [0.5, 0.6) is 5.75 Å². The number of carbonyl (C=O) groups excluding carboxylic acids is 1. The molecule has 3 N–H and O–H groups in total. The van der Waals surface area contributed by atoms with Crippen LogP contribution < -0.4 is 18.3 Å². The summed E-state index contributed by atoms with van der Waals surface area (Å²) in [6.45, 7) is 0. The molecule has 0 aliphatic heterocycles. The Labute approximate surface area is 195 Å². The average Bonchev–Trinajstić information content (AvgIpc) is 2.76. The van der Waals surface area contributed by atoms with E-state index in [0.717, 1.165) is 0 Å². The SMILES string of the molecule is COc1ccc(NI=O)cc1NC(=O)c1cccc(S(=O)(=O)Nc2ccc(Cl)cc2)c1. The quantitative estimate of drug-likeness (QED) is 0.257. The number of sulfonamides is 1. The molecule has 31 heavy (non-hydrogen) atoms. The summed E-state index contributed by atoms with van der Waals surface area (Å²) < 4.78 is 46.7. The van der Waals surface area contributed by atoms with Gasteiger partial charge in [0.15, 0.2) is 0 Å². The fourth-order valence-electron chi connectivity index (χ4n) is 2.64. The average molecular weight is 574 g/mol. The van der Waals surface area contributed by atoms with Gasteiger partial charge in [0.1, 0.15) is 5.75 Å². The molecular formula is C20H17ClIN3O5S. The fraction of sp³-hybridized carbons (Fsp3) is 0.0500. The van der Waals surface area contributed by atoms with Gasteiger partial charge in [-0.2, -0.15) is 0 Å². The van der Waals surface area contributed by atoms with E-state index in [1.807, 2.05) is 0 Å². The number of rotatable bonds is 8. The van der Waals surface area contributed by atoms with Crippen LogP contribution in [0.25, 0.3) is 0 Å². The summed E-state index contributed by atoms with van der Waals surface area (Å²) in [5.41, 5.74) is 1.38. The molecule has 0 spiro atoms. The Balaban J connectivity index is 1.84. The first-order valence-electron chi connectivity index (χ1n) is 8.72. The second-order valence-corrected chi connectivity index (χ2v) is 9.28. The predicted molar refractivity (Wildman–Crippen MR) is 128 cm³/mol. The Bertz CT molecular complexity index is 1220. The molecule has 0 unspecified atom stereocenters. The molecule has 0 bridgehead atoms. The lowest BCUT2D eigenvalue weighted by Crippen LogP contribution is -2.16. The number of benzene rings is 3. The van der Waals surface area contributed by atoms with Gasteiger partial charge in [-0.1, -0.05) is 17.7 Å². The maximum atomic E-state index is 12.8. The van der Waals surface area contributed by atoms with Crippen molar-refractivity contribution in [3.8, 4) is 5.75 Å². The summed E-state index contributed by atoms with van der Waals surface area (Å²) in [5, 5.41) is 3.17. The van der Waals surface area contributed by atoms with Gasteiger partial charge in [0.05, 0.1) is 17.7 Å². The summed E-state index contributed by atoms with van der Waals surface area (Å²) in [6, 6.07) is 16.7. The maximum absolute atomic E-state index is 12.8. The topological polar surface area (TPSA) is 114 Å². The summed E-state index contributed by atoms with van der Waals surface area (Å²) in [4.78, 5) is 12.7. The van der Waals surface area contributed by atoms with E-state index in [1.165, 1.54) is 43.5 Å². The lowest BCUT2D eigenvalue weighted by molar-refractivity contribution is 0.102. The smallest absolute Gasteiger partial charge is 0.270 e. The molecule has 0 aliphatic rings. The molecule has 0 atom stereocenters. The second-order valence-electron chi connectivity index (χ2n) is 6.18. The number of ether oxygens (including phenoxy) is 1. The van der Waals surface area contributed by atoms with Crippen LogP contribution in [-0.4, -0.2) is 21.4 Å². The van der Waals surface area contributed by atoms with Gasteiger partial charge in [0, 0.05) is 22.0 Å². The van der Waals surface area contributed by atoms with Crippen LogP contribution in [0.4, 0.5) is 17.1 Å². The zero-order chi connectivity index (χ0) is 22.4. The van der Waals surface area contributed by atoms with E-state index in [0.29, 0.717) is 27.8 Å². The molecule has 0 saturated carbocycles. The first-order chi connectivity index (χ1) is 14.8. The van der Waals surface area contributed by atoms with Crippen LogP contribution in [0, 0.1) is 0 Å². The highest BCUT2D eigenvalue weighted by Crippen LogP contribution is 2.29. The van der Waals surface area contributed by atoms with Crippen molar-refractivity contribution in [2.75, 3.05) is 20.7 Å². The van der Waals surface area contributed by atoms with Crippen molar-refractivity contribution < 1.29 is 21.0 Å². The van der Waals surface area contributed by atoms with Gasteiger partial charge in [0.2, 0.25) is 0 Å². The highest BCUT2D eigenvalue weighted by atomic mass is 127. The van der Waals surface area contributed by atoms with E-state index in [2.05, 4.69) is 13.6 Å². The lowest BCUT2D eigenvalue weighted by Gasteiger charge is -2.13. The van der Waals surface area contributed by atoms with Crippen LogP contribution in [-0.2, 0) is 13.1 Å². The highest BCUT2D eigenvalue weighted by Gasteiger charge is 2.17. The number of nitrogens with one attached hydrogen (secondary N) is 3. The van der Waals surface area contributed by atoms with Crippen molar-refractivity contribution in [1.29, 1.82) is 0 Å². The van der Waals surface area contributed by atoms with Crippen LogP contribution >= 0.6 is 33.1 Å². The monoisotopic (exact) mass is 573 g/mol. The zero-order valence-corrected chi connectivity index (χ0v) is 19.8. The standard InChI is InChI=1S/C20H17ClIN3O5S/c1-30-19-10-9-16(24-22-27)12-18(19)23-20(26)13-3-2-4-17(11-13)31(28,29)25-15-7-5-14(21)6-8-15/h2-12,25H,1H3,(H,23,26)(H,24,27). The van der Waals surface area contributed by atoms with Gasteiger partial charge >= 0.3 is 0 Å². The second kappa shape index (κ2) is 10.1. The molecule has 0 saturated heterocycles. The fourth-order valence-corrected chi connectivity index (χ4v) is 4.46. The summed E-state index contributed by atoms with van der Waals surface area (Å²) >= 11 is 4.38. The van der Waals surface area contributed by atoms with Crippen molar-refractivity contribution in [3.63, 3.8) is 0 Å². The molecule has 0 heterocycles. The molecule has 8 nitrogen and oxygen atoms in total. The third-order valence-corrected chi connectivity index (χ3v) is 6.57. The summed E-state index contributed by atoms with van der Waals surface area (Å²) in [5.74, 6) is -0.132. The van der Waals surface area contributed by atoms with Crippen molar-refractivity contribution in [3.05, 3.63) is 77.3 Å². The van der Waals surface area contributed by atoms with Gasteiger partial charge in [-0.3, -0.25) is 9.52 Å². The third kappa shape index (κ3) is 5.93. The molecule has 162 valence electrons. The molecule has 0 fully saturated rings. The molecule has 0 radical (unpaired) electrons. The number of hydrogen-bond donors (Lipinski definition) is 3. The minimum atomic E-state index is -3.92.